The number of aromatic nitrogens is 4. The van der Waals surface area contributed by atoms with Gasteiger partial charge in [-0.2, -0.15) is 0 Å². The van der Waals surface area contributed by atoms with E-state index in [2.05, 4.69) is 162 Å². The summed E-state index contributed by atoms with van der Waals surface area (Å²) in [6.07, 6.45) is 0. The molecule has 4 nitrogen and oxygen atoms in total. The standard InChI is InChI=1S/C57H36N4S/c1-4-12-37(13-5-1)43-26-31-51-48(34-43)49-35-44(38-20-22-39(23-21-38)45-28-33-54-50(36-45)47-18-10-11-19-53(47)62-54)27-32-52(49)61(51)46-29-24-42(25-30-46)57-59-55(40-14-6-2-7-15-40)58-56(60-57)41-16-8-3-9-17-41/h1-36H. The van der Waals surface area contributed by atoms with Crippen molar-refractivity contribution in [1.29, 1.82) is 0 Å². The number of rotatable bonds is 7. The van der Waals surface area contributed by atoms with Gasteiger partial charge in [-0.25, -0.2) is 15.0 Å². The first-order valence-corrected chi connectivity index (χ1v) is 21.7. The molecule has 0 saturated heterocycles. The number of benzene rings is 9. The third-order valence-electron chi connectivity index (χ3n) is 11.9. The molecule has 0 N–H and O–H groups in total. The Balaban J connectivity index is 0.945. The smallest absolute Gasteiger partial charge is 0.164 e. The van der Waals surface area contributed by atoms with Gasteiger partial charge in [0.15, 0.2) is 17.5 Å². The van der Waals surface area contributed by atoms with Crippen LogP contribution in [0.3, 0.4) is 0 Å². The summed E-state index contributed by atoms with van der Waals surface area (Å²) in [7, 11) is 0. The lowest BCUT2D eigenvalue weighted by molar-refractivity contribution is 1.07. The molecular formula is C57H36N4S. The second kappa shape index (κ2) is 14.9. The van der Waals surface area contributed by atoms with E-state index in [1.54, 1.807) is 0 Å². The quantitative estimate of drug-likeness (QED) is 0.161. The predicted molar refractivity (Wildman–Crippen MR) is 260 cm³/mol. The number of fused-ring (bicyclic) bond motifs is 6. The Labute approximate surface area is 362 Å². The predicted octanol–water partition coefficient (Wildman–Crippen LogP) is 15.3. The summed E-state index contributed by atoms with van der Waals surface area (Å²) in [6.45, 7) is 0. The number of hydrogen-bond donors (Lipinski definition) is 0. The van der Waals surface area contributed by atoms with Crippen molar-refractivity contribution in [3.8, 4) is 73.2 Å². The molecule has 5 heteroatoms. The second-order valence-electron chi connectivity index (χ2n) is 15.6. The van der Waals surface area contributed by atoms with Gasteiger partial charge in [-0.1, -0.05) is 152 Å². The lowest BCUT2D eigenvalue weighted by Gasteiger charge is -2.11. The van der Waals surface area contributed by atoms with Crippen LogP contribution >= 0.6 is 11.3 Å². The van der Waals surface area contributed by atoms with Gasteiger partial charge in [-0.05, 0) is 100 Å². The summed E-state index contributed by atoms with van der Waals surface area (Å²) in [5.74, 6) is 1.93. The molecule has 0 radical (unpaired) electrons. The van der Waals surface area contributed by atoms with Crippen molar-refractivity contribution in [3.63, 3.8) is 0 Å². The van der Waals surface area contributed by atoms with E-state index in [1.807, 2.05) is 72.0 Å². The zero-order valence-electron chi connectivity index (χ0n) is 33.5. The molecule has 0 atom stereocenters. The fraction of sp³-hybridized carbons (Fsp3) is 0. The first-order valence-electron chi connectivity index (χ1n) is 20.8. The lowest BCUT2D eigenvalue weighted by atomic mass is 9.97. The Morgan fingerprint density at radius 3 is 1.18 bits per heavy atom. The fourth-order valence-corrected chi connectivity index (χ4v) is 9.84. The van der Waals surface area contributed by atoms with Crippen LogP contribution in [0.4, 0.5) is 0 Å². The monoisotopic (exact) mass is 808 g/mol. The molecule has 0 amide bonds. The molecule has 290 valence electrons. The maximum atomic E-state index is 4.98. The maximum Gasteiger partial charge on any atom is 0.164 e. The Kier molecular flexibility index (Phi) is 8.65. The highest BCUT2D eigenvalue weighted by molar-refractivity contribution is 7.25. The molecule has 0 saturated carbocycles. The average molecular weight is 809 g/mol. The molecule has 0 spiro atoms. The zero-order chi connectivity index (χ0) is 41.0. The van der Waals surface area contributed by atoms with Gasteiger partial charge in [-0.3, -0.25) is 0 Å². The Hall–Kier alpha value is -7.99. The zero-order valence-corrected chi connectivity index (χ0v) is 34.3. The van der Waals surface area contributed by atoms with Gasteiger partial charge in [0.2, 0.25) is 0 Å². The Bertz CT molecular complexity index is 3540. The maximum absolute atomic E-state index is 4.98. The summed E-state index contributed by atoms with van der Waals surface area (Å²) >= 11 is 1.86. The van der Waals surface area contributed by atoms with Crippen LogP contribution in [0.15, 0.2) is 218 Å². The van der Waals surface area contributed by atoms with Gasteiger partial charge >= 0.3 is 0 Å². The van der Waals surface area contributed by atoms with Crippen LogP contribution in [0.2, 0.25) is 0 Å². The van der Waals surface area contributed by atoms with Crippen LogP contribution in [0.25, 0.3) is 115 Å². The molecule has 0 unspecified atom stereocenters. The molecule has 62 heavy (non-hydrogen) atoms. The SMILES string of the molecule is c1ccc(-c2ccc3c(c2)c2cc(-c4ccc(-c5ccc6sc7ccccc7c6c5)cc4)ccc2n3-c2ccc(-c3nc(-c4ccccc4)nc(-c4ccccc4)n3)cc2)cc1. The molecule has 3 heterocycles. The minimum atomic E-state index is 0.634. The van der Waals surface area contributed by atoms with Gasteiger partial charge in [0.05, 0.1) is 11.0 Å². The van der Waals surface area contributed by atoms with Gasteiger partial charge in [0.1, 0.15) is 0 Å². The van der Waals surface area contributed by atoms with Crippen molar-refractivity contribution in [2.24, 2.45) is 0 Å². The van der Waals surface area contributed by atoms with Gasteiger partial charge in [-0.15, -0.1) is 11.3 Å². The largest absolute Gasteiger partial charge is 0.309 e. The third kappa shape index (κ3) is 6.35. The van der Waals surface area contributed by atoms with Crippen molar-refractivity contribution in [3.05, 3.63) is 218 Å². The molecular weight excluding hydrogens is 773 g/mol. The van der Waals surface area contributed by atoms with Gasteiger partial charge in [0, 0.05) is 53.3 Å². The van der Waals surface area contributed by atoms with E-state index in [-0.39, 0.29) is 0 Å². The fourth-order valence-electron chi connectivity index (χ4n) is 8.75. The normalized spacial score (nSPS) is 11.5. The van der Waals surface area contributed by atoms with Crippen LogP contribution in [0.1, 0.15) is 0 Å². The van der Waals surface area contributed by atoms with Gasteiger partial charge < -0.3 is 4.57 Å². The molecule has 0 fully saturated rings. The average Bonchev–Trinajstić information content (AvgIpc) is 3.89. The number of thiophene rings is 1. The minimum Gasteiger partial charge on any atom is -0.309 e. The van der Waals surface area contributed by atoms with Crippen LogP contribution in [0.5, 0.6) is 0 Å². The number of hydrogen-bond acceptors (Lipinski definition) is 4. The number of nitrogens with zero attached hydrogens (tertiary/aromatic N) is 4. The lowest BCUT2D eigenvalue weighted by Crippen LogP contribution is -2.00. The second-order valence-corrected chi connectivity index (χ2v) is 16.7. The molecule has 9 aromatic carbocycles. The highest BCUT2D eigenvalue weighted by Crippen LogP contribution is 2.39. The molecule has 0 aliphatic rings. The summed E-state index contributed by atoms with van der Waals surface area (Å²) in [5.41, 5.74) is 13.4. The minimum absolute atomic E-state index is 0.634. The van der Waals surface area contributed by atoms with E-state index in [0.717, 1.165) is 33.4 Å². The molecule has 0 aliphatic heterocycles. The molecule has 12 aromatic rings. The van der Waals surface area contributed by atoms with Crippen LogP contribution in [0, 0.1) is 0 Å². The van der Waals surface area contributed by atoms with Gasteiger partial charge in [0.25, 0.3) is 0 Å². The van der Waals surface area contributed by atoms with E-state index in [9.17, 15) is 0 Å². The summed E-state index contributed by atoms with van der Waals surface area (Å²) in [5, 5.41) is 5.05. The van der Waals surface area contributed by atoms with E-state index in [1.165, 1.54) is 64.3 Å². The van der Waals surface area contributed by atoms with E-state index in [4.69, 9.17) is 15.0 Å². The third-order valence-corrected chi connectivity index (χ3v) is 13.0. The van der Waals surface area contributed by atoms with Crippen LogP contribution in [-0.2, 0) is 0 Å². The molecule has 0 bridgehead atoms. The highest BCUT2D eigenvalue weighted by Gasteiger charge is 2.17. The molecule has 12 rings (SSSR count). The van der Waals surface area contributed by atoms with Crippen LogP contribution in [-0.4, -0.2) is 19.5 Å². The highest BCUT2D eigenvalue weighted by atomic mass is 32.1. The van der Waals surface area contributed by atoms with E-state index in [0.29, 0.717) is 17.5 Å². The molecule has 0 aliphatic carbocycles. The topological polar surface area (TPSA) is 43.6 Å². The van der Waals surface area contributed by atoms with Crippen LogP contribution < -0.4 is 0 Å². The van der Waals surface area contributed by atoms with E-state index < -0.39 is 0 Å². The summed E-state index contributed by atoms with van der Waals surface area (Å²) in [4.78, 5) is 14.9. The van der Waals surface area contributed by atoms with Crippen molar-refractivity contribution >= 4 is 53.3 Å². The van der Waals surface area contributed by atoms with Crippen molar-refractivity contribution in [1.82, 2.24) is 19.5 Å². The summed E-state index contributed by atoms with van der Waals surface area (Å²) in [6, 6.07) is 77.7. The first kappa shape index (κ1) is 35.9. The van der Waals surface area contributed by atoms with Crippen molar-refractivity contribution in [2.75, 3.05) is 0 Å². The van der Waals surface area contributed by atoms with Crippen molar-refractivity contribution < 1.29 is 0 Å². The Morgan fingerprint density at radius 1 is 0.274 bits per heavy atom. The molecule has 3 aromatic heterocycles. The Morgan fingerprint density at radius 2 is 0.645 bits per heavy atom. The van der Waals surface area contributed by atoms with E-state index >= 15 is 0 Å². The summed E-state index contributed by atoms with van der Waals surface area (Å²) < 4.78 is 5.02. The first-order chi connectivity index (χ1) is 30.7. The van der Waals surface area contributed by atoms with Crippen molar-refractivity contribution in [2.45, 2.75) is 0 Å².